The van der Waals surface area contributed by atoms with Gasteiger partial charge in [-0.1, -0.05) is 18.2 Å². The van der Waals surface area contributed by atoms with E-state index in [1.807, 2.05) is 30.1 Å². The van der Waals surface area contributed by atoms with Crippen LogP contribution in [0.2, 0.25) is 0 Å². The number of hydrogen-bond donors (Lipinski definition) is 2. The highest BCUT2D eigenvalue weighted by molar-refractivity contribution is 7.19. The molecule has 1 aromatic carbocycles. The Kier molecular flexibility index (Phi) is 3.63. The third-order valence-corrected chi connectivity index (χ3v) is 4.87. The first-order valence-corrected chi connectivity index (χ1v) is 7.66. The second kappa shape index (κ2) is 5.42. The van der Waals surface area contributed by atoms with Crippen molar-refractivity contribution >= 4 is 27.4 Å². The molecule has 1 aromatic heterocycles. The zero-order valence-corrected chi connectivity index (χ0v) is 12.3. The fraction of sp³-hybridized carbons (Fsp3) is 0.400. The topological polar surface area (TPSA) is 61.8 Å². The minimum Gasteiger partial charge on any atom is -0.386 e. The summed E-state index contributed by atoms with van der Waals surface area (Å²) in [6.45, 7) is 0.315. The molecule has 1 unspecified atom stereocenters. The van der Waals surface area contributed by atoms with Crippen molar-refractivity contribution < 1.29 is 5.11 Å². The van der Waals surface area contributed by atoms with Crippen LogP contribution in [0.3, 0.4) is 0 Å². The van der Waals surface area contributed by atoms with E-state index in [2.05, 4.69) is 17.1 Å². The number of nitrogens with two attached hydrogens (primary N) is 1. The highest BCUT2D eigenvalue weighted by atomic mass is 32.1. The van der Waals surface area contributed by atoms with Crippen molar-refractivity contribution in [2.45, 2.75) is 25.0 Å². The number of aliphatic hydroxyl groups is 1. The molecule has 1 fully saturated rings. The number of aliphatic hydroxyl groups excluding tert-OH is 1. The molecule has 1 aliphatic carbocycles. The fourth-order valence-corrected chi connectivity index (χ4v) is 3.24. The van der Waals surface area contributed by atoms with Gasteiger partial charge in [0.25, 0.3) is 0 Å². The van der Waals surface area contributed by atoms with E-state index in [9.17, 15) is 5.11 Å². The van der Waals surface area contributed by atoms with Gasteiger partial charge < -0.3 is 15.7 Å². The van der Waals surface area contributed by atoms with Crippen molar-refractivity contribution in [3.8, 4) is 0 Å². The average molecular weight is 289 g/mol. The van der Waals surface area contributed by atoms with Gasteiger partial charge in [0, 0.05) is 22.7 Å². The van der Waals surface area contributed by atoms with E-state index in [0.29, 0.717) is 18.5 Å². The van der Waals surface area contributed by atoms with Gasteiger partial charge in [-0.3, -0.25) is 4.99 Å². The molecule has 1 atom stereocenters. The lowest BCUT2D eigenvalue weighted by Crippen LogP contribution is -2.36. The Balaban J connectivity index is 1.69. The molecule has 0 saturated heterocycles. The van der Waals surface area contributed by atoms with Crippen LogP contribution < -0.4 is 5.73 Å². The van der Waals surface area contributed by atoms with Crippen LogP contribution in [-0.2, 0) is 0 Å². The number of guanidine groups is 1. The minimum absolute atomic E-state index is 0.315. The summed E-state index contributed by atoms with van der Waals surface area (Å²) in [5, 5.41) is 11.4. The van der Waals surface area contributed by atoms with Crippen LogP contribution in [0.25, 0.3) is 10.1 Å². The number of rotatable bonds is 4. The predicted molar refractivity (Wildman–Crippen MR) is 84.1 cm³/mol. The third kappa shape index (κ3) is 2.78. The van der Waals surface area contributed by atoms with Crippen molar-refractivity contribution in [2.75, 3.05) is 13.6 Å². The van der Waals surface area contributed by atoms with E-state index in [0.717, 1.165) is 4.88 Å². The maximum Gasteiger partial charge on any atom is 0.191 e. The van der Waals surface area contributed by atoms with E-state index in [-0.39, 0.29) is 0 Å². The number of thiophene rings is 1. The summed E-state index contributed by atoms with van der Waals surface area (Å²) in [5.41, 5.74) is 5.93. The Hall–Kier alpha value is -1.59. The summed E-state index contributed by atoms with van der Waals surface area (Å²) in [4.78, 5) is 7.25. The van der Waals surface area contributed by atoms with Gasteiger partial charge in [0.15, 0.2) is 5.96 Å². The highest BCUT2D eigenvalue weighted by Gasteiger charge is 2.27. The molecule has 20 heavy (non-hydrogen) atoms. The van der Waals surface area contributed by atoms with Gasteiger partial charge in [0.2, 0.25) is 0 Å². The molecule has 1 aliphatic rings. The van der Waals surface area contributed by atoms with E-state index < -0.39 is 6.10 Å². The number of fused-ring (bicyclic) bond motifs is 1. The number of hydrogen-bond acceptors (Lipinski definition) is 3. The van der Waals surface area contributed by atoms with E-state index >= 15 is 0 Å². The third-order valence-electron chi connectivity index (χ3n) is 3.66. The van der Waals surface area contributed by atoms with Gasteiger partial charge in [0.1, 0.15) is 6.10 Å². The lowest BCUT2D eigenvalue weighted by Gasteiger charge is -2.17. The van der Waals surface area contributed by atoms with Crippen LogP contribution in [-0.4, -0.2) is 35.6 Å². The molecule has 2 aromatic rings. The molecule has 0 amide bonds. The molecule has 3 N–H and O–H groups in total. The highest BCUT2D eigenvalue weighted by Crippen LogP contribution is 2.30. The summed E-state index contributed by atoms with van der Waals surface area (Å²) in [6, 6.07) is 10.7. The standard InChI is InChI=1S/C15H19N3OS/c1-18(11-6-7-11)15(16)17-9-12(19)14-8-10-4-2-3-5-13(10)20-14/h2-5,8,11-12,19H,6-7,9H2,1H3,(H2,16,17). The molecule has 0 aliphatic heterocycles. The summed E-state index contributed by atoms with van der Waals surface area (Å²) in [5.74, 6) is 0.521. The Bertz CT molecular complexity index is 600. The molecule has 0 bridgehead atoms. The Morgan fingerprint density at radius 3 is 2.95 bits per heavy atom. The smallest absolute Gasteiger partial charge is 0.191 e. The average Bonchev–Trinajstić information content (AvgIpc) is 3.21. The normalized spacial score (nSPS) is 17.4. The monoisotopic (exact) mass is 289 g/mol. The fourth-order valence-electron chi connectivity index (χ4n) is 2.20. The maximum atomic E-state index is 10.2. The van der Waals surface area contributed by atoms with Crippen LogP contribution in [0.15, 0.2) is 35.3 Å². The zero-order chi connectivity index (χ0) is 14.1. The zero-order valence-electron chi connectivity index (χ0n) is 11.5. The first-order chi connectivity index (χ1) is 9.65. The largest absolute Gasteiger partial charge is 0.386 e. The lowest BCUT2D eigenvalue weighted by molar-refractivity contribution is 0.190. The first-order valence-electron chi connectivity index (χ1n) is 6.84. The predicted octanol–water partition coefficient (Wildman–Crippen LogP) is 2.34. The van der Waals surface area contributed by atoms with Crippen molar-refractivity contribution in [2.24, 2.45) is 10.7 Å². The molecular formula is C15H19N3OS. The van der Waals surface area contributed by atoms with Crippen molar-refractivity contribution in [1.82, 2.24) is 4.90 Å². The van der Waals surface area contributed by atoms with Crippen molar-refractivity contribution in [1.29, 1.82) is 0 Å². The molecule has 0 spiro atoms. The van der Waals surface area contributed by atoms with Gasteiger partial charge in [-0.05, 0) is 30.4 Å². The van der Waals surface area contributed by atoms with E-state index in [4.69, 9.17) is 5.73 Å². The van der Waals surface area contributed by atoms with Crippen LogP contribution in [0, 0.1) is 0 Å². The van der Waals surface area contributed by atoms with Gasteiger partial charge >= 0.3 is 0 Å². The molecule has 4 nitrogen and oxygen atoms in total. The number of benzene rings is 1. The summed E-state index contributed by atoms with van der Waals surface area (Å²) < 4.78 is 1.19. The van der Waals surface area contributed by atoms with Gasteiger partial charge in [-0.2, -0.15) is 0 Å². The second-order valence-corrected chi connectivity index (χ2v) is 6.36. The summed E-state index contributed by atoms with van der Waals surface area (Å²) in [6.07, 6.45) is 1.79. The Morgan fingerprint density at radius 1 is 1.50 bits per heavy atom. The van der Waals surface area contributed by atoms with Crippen LogP contribution in [0.4, 0.5) is 0 Å². The minimum atomic E-state index is -0.585. The van der Waals surface area contributed by atoms with Crippen molar-refractivity contribution in [3.63, 3.8) is 0 Å². The Morgan fingerprint density at radius 2 is 2.25 bits per heavy atom. The molecule has 1 saturated carbocycles. The Labute approximate surface area is 122 Å². The van der Waals surface area contributed by atoms with Crippen LogP contribution >= 0.6 is 11.3 Å². The van der Waals surface area contributed by atoms with Crippen LogP contribution in [0.5, 0.6) is 0 Å². The molecule has 3 rings (SSSR count). The number of aliphatic imine (C=N–C) groups is 1. The lowest BCUT2D eigenvalue weighted by atomic mass is 10.2. The van der Waals surface area contributed by atoms with Crippen molar-refractivity contribution in [3.05, 3.63) is 35.2 Å². The van der Waals surface area contributed by atoms with E-state index in [1.54, 1.807) is 11.3 Å². The second-order valence-electron chi connectivity index (χ2n) is 5.24. The summed E-state index contributed by atoms with van der Waals surface area (Å²) >= 11 is 1.61. The first kappa shape index (κ1) is 13.4. The summed E-state index contributed by atoms with van der Waals surface area (Å²) in [7, 11) is 1.96. The molecule has 0 radical (unpaired) electrons. The SMILES string of the molecule is CN(C(N)=NCC(O)c1cc2ccccc2s1)C1CC1. The van der Waals surface area contributed by atoms with E-state index in [1.165, 1.54) is 22.9 Å². The quantitative estimate of drug-likeness (QED) is 0.671. The molecule has 1 heterocycles. The number of nitrogens with zero attached hydrogens (tertiary/aromatic N) is 2. The van der Waals surface area contributed by atoms with Gasteiger partial charge in [-0.25, -0.2) is 0 Å². The molecular weight excluding hydrogens is 270 g/mol. The van der Waals surface area contributed by atoms with Gasteiger partial charge in [0.05, 0.1) is 6.54 Å². The maximum absolute atomic E-state index is 10.2. The molecule has 106 valence electrons. The molecule has 5 heteroatoms. The van der Waals surface area contributed by atoms with Gasteiger partial charge in [-0.15, -0.1) is 11.3 Å². The van der Waals surface area contributed by atoms with Crippen LogP contribution in [0.1, 0.15) is 23.8 Å².